The average molecular weight is 296 g/mol. The molecule has 0 fully saturated rings. The highest BCUT2D eigenvalue weighted by molar-refractivity contribution is 7.84. The number of aromatic carboxylic acids is 1. The van der Waals surface area contributed by atoms with Crippen LogP contribution in [0.5, 0.6) is 0 Å². The van der Waals surface area contributed by atoms with E-state index in [2.05, 4.69) is 0 Å². The van der Waals surface area contributed by atoms with Crippen molar-refractivity contribution < 1.29 is 22.9 Å². The molecule has 0 aliphatic rings. The van der Waals surface area contributed by atoms with Crippen LogP contribution in [0.3, 0.4) is 0 Å². The standard InChI is InChI=1S/C14H10F2O3S/c15-10-2-1-3-11(7-10)20(19)8-9-4-5-12(14(17)18)13(16)6-9/h1-7H,8H2,(H,17,18). The molecule has 0 aromatic heterocycles. The Morgan fingerprint density at radius 1 is 1.15 bits per heavy atom. The van der Waals surface area contributed by atoms with Crippen LogP contribution in [0.15, 0.2) is 47.4 Å². The number of hydrogen-bond acceptors (Lipinski definition) is 2. The average Bonchev–Trinajstić information content (AvgIpc) is 2.38. The summed E-state index contributed by atoms with van der Waals surface area (Å²) in [6.45, 7) is 0. The highest BCUT2D eigenvalue weighted by Crippen LogP contribution is 2.16. The van der Waals surface area contributed by atoms with Gasteiger partial charge in [0.05, 0.1) is 22.1 Å². The van der Waals surface area contributed by atoms with Crippen LogP contribution in [0.25, 0.3) is 0 Å². The second kappa shape index (κ2) is 5.92. The van der Waals surface area contributed by atoms with Crippen LogP contribution in [0, 0.1) is 11.6 Å². The van der Waals surface area contributed by atoms with E-state index in [-0.39, 0.29) is 5.75 Å². The molecule has 0 saturated carbocycles. The summed E-state index contributed by atoms with van der Waals surface area (Å²) in [5.74, 6) is -2.75. The Morgan fingerprint density at radius 2 is 1.90 bits per heavy atom. The normalized spacial score (nSPS) is 12.1. The van der Waals surface area contributed by atoms with Crippen LogP contribution >= 0.6 is 0 Å². The van der Waals surface area contributed by atoms with Crippen molar-refractivity contribution in [2.75, 3.05) is 0 Å². The van der Waals surface area contributed by atoms with Gasteiger partial charge >= 0.3 is 5.97 Å². The Morgan fingerprint density at radius 3 is 2.50 bits per heavy atom. The Bertz CT molecular complexity index is 686. The summed E-state index contributed by atoms with van der Waals surface area (Å²) in [6.07, 6.45) is 0. The van der Waals surface area contributed by atoms with E-state index in [0.29, 0.717) is 10.5 Å². The van der Waals surface area contributed by atoms with Crippen molar-refractivity contribution in [1.29, 1.82) is 0 Å². The molecule has 6 heteroatoms. The lowest BCUT2D eigenvalue weighted by Gasteiger charge is -2.04. The Balaban J connectivity index is 2.20. The predicted octanol–water partition coefficient (Wildman–Crippen LogP) is 2.97. The van der Waals surface area contributed by atoms with Crippen LogP contribution in [-0.4, -0.2) is 15.3 Å². The number of carboxylic acids is 1. The lowest BCUT2D eigenvalue weighted by atomic mass is 10.1. The number of hydrogen-bond donors (Lipinski definition) is 1. The van der Waals surface area contributed by atoms with Crippen molar-refractivity contribution in [2.45, 2.75) is 10.6 Å². The fourth-order valence-electron chi connectivity index (χ4n) is 1.67. The summed E-state index contributed by atoms with van der Waals surface area (Å²) < 4.78 is 38.5. The van der Waals surface area contributed by atoms with Crippen molar-refractivity contribution in [3.63, 3.8) is 0 Å². The summed E-state index contributed by atoms with van der Waals surface area (Å²) in [5, 5.41) is 8.71. The fourth-order valence-corrected chi connectivity index (χ4v) is 2.79. The zero-order chi connectivity index (χ0) is 14.7. The molecule has 0 radical (unpaired) electrons. The van der Waals surface area contributed by atoms with Crippen molar-refractivity contribution >= 4 is 16.8 Å². The topological polar surface area (TPSA) is 54.4 Å². The minimum Gasteiger partial charge on any atom is -0.478 e. The molecule has 0 aliphatic heterocycles. The molecule has 0 saturated heterocycles. The molecular formula is C14H10F2O3S. The van der Waals surface area contributed by atoms with Gasteiger partial charge in [0.25, 0.3) is 0 Å². The Hall–Kier alpha value is -2.08. The molecule has 20 heavy (non-hydrogen) atoms. The second-order valence-electron chi connectivity index (χ2n) is 4.07. The zero-order valence-corrected chi connectivity index (χ0v) is 11.0. The fraction of sp³-hybridized carbons (Fsp3) is 0.0714. The van der Waals surface area contributed by atoms with Gasteiger partial charge in [0.15, 0.2) is 0 Å². The zero-order valence-electron chi connectivity index (χ0n) is 10.2. The molecule has 0 spiro atoms. The molecule has 2 aromatic carbocycles. The molecule has 0 aliphatic carbocycles. The van der Waals surface area contributed by atoms with Crippen LogP contribution in [0.1, 0.15) is 15.9 Å². The number of halogens is 2. The van der Waals surface area contributed by atoms with Gasteiger partial charge in [-0.1, -0.05) is 12.1 Å². The summed E-state index contributed by atoms with van der Waals surface area (Å²) >= 11 is 0. The van der Waals surface area contributed by atoms with Crippen molar-refractivity contribution in [2.24, 2.45) is 0 Å². The number of rotatable bonds is 4. The minimum absolute atomic E-state index is 0.0136. The summed E-state index contributed by atoms with van der Waals surface area (Å²) in [6, 6.07) is 8.89. The largest absolute Gasteiger partial charge is 0.478 e. The highest BCUT2D eigenvalue weighted by atomic mass is 32.2. The van der Waals surface area contributed by atoms with Gasteiger partial charge in [0, 0.05) is 4.90 Å². The molecule has 0 bridgehead atoms. The molecule has 104 valence electrons. The van der Waals surface area contributed by atoms with E-state index in [9.17, 15) is 17.8 Å². The molecule has 1 N–H and O–H groups in total. The first kappa shape index (κ1) is 14.3. The third-order valence-electron chi connectivity index (χ3n) is 2.62. The van der Waals surface area contributed by atoms with E-state index >= 15 is 0 Å². The van der Waals surface area contributed by atoms with Gasteiger partial charge in [0.2, 0.25) is 0 Å². The van der Waals surface area contributed by atoms with Gasteiger partial charge in [-0.3, -0.25) is 4.21 Å². The van der Waals surface area contributed by atoms with Gasteiger partial charge in [-0.05, 0) is 35.9 Å². The van der Waals surface area contributed by atoms with Crippen LogP contribution < -0.4 is 0 Å². The van der Waals surface area contributed by atoms with Crippen LogP contribution in [-0.2, 0) is 16.6 Å². The van der Waals surface area contributed by atoms with Gasteiger partial charge < -0.3 is 5.11 Å². The predicted molar refractivity (Wildman–Crippen MR) is 69.9 cm³/mol. The van der Waals surface area contributed by atoms with Gasteiger partial charge in [0.1, 0.15) is 11.6 Å². The first-order valence-corrected chi connectivity index (χ1v) is 6.95. The molecule has 0 heterocycles. The first-order chi connectivity index (χ1) is 9.47. The second-order valence-corrected chi connectivity index (χ2v) is 5.52. The molecule has 2 aromatic rings. The Kier molecular flexibility index (Phi) is 4.24. The molecule has 1 unspecified atom stereocenters. The van der Waals surface area contributed by atoms with Crippen molar-refractivity contribution in [1.82, 2.24) is 0 Å². The summed E-state index contributed by atoms with van der Waals surface area (Å²) in [4.78, 5) is 11.0. The molecule has 3 nitrogen and oxygen atoms in total. The van der Waals surface area contributed by atoms with Gasteiger partial charge in [-0.2, -0.15) is 0 Å². The van der Waals surface area contributed by atoms with E-state index in [1.165, 1.54) is 24.3 Å². The smallest absolute Gasteiger partial charge is 0.338 e. The monoisotopic (exact) mass is 296 g/mol. The maximum absolute atomic E-state index is 13.5. The summed E-state index contributed by atoms with van der Waals surface area (Å²) in [7, 11) is -1.52. The van der Waals surface area contributed by atoms with Crippen LogP contribution in [0.2, 0.25) is 0 Å². The summed E-state index contributed by atoms with van der Waals surface area (Å²) in [5.41, 5.74) is -0.0552. The van der Waals surface area contributed by atoms with Crippen molar-refractivity contribution in [3.05, 3.63) is 65.2 Å². The lowest BCUT2D eigenvalue weighted by Crippen LogP contribution is -2.03. The maximum atomic E-state index is 13.5. The third-order valence-corrected chi connectivity index (χ3v) is 4.00. The van der Waals surface area contributed by atoms with E-state index < -0.39 is 34.0 Å². The van der Waals surface area contributed by atoms with Crippen LogP contribution in [0.4, 0.5) is 8.78 Å². The first-order valence-electron chi connectivity index (χ1n) is 5.63. The third kappa shape index (κ3) is 3.27. The van der Waals surface area contributed by atoms with E-state index in [1.807, 2.05) is 0 Å². The van der Waals surface area contributed by atoms with Crippen molar-refractivity contribution in [3.8, 4) is 0 Å². The quantitative estimate of drug-likeness (QED) is 0.943. The minimum atomic E-state index is -1.52. The van der Waals surface area contributed by atoms with Gasteiger partial charge in [-0.15, -0.1) is 0 Å². The molecular weight excluding hydrogens is 286 g/mol. The van der Waals surface area contributed by atoms with E-state index in [0.717, 1.165) is 18.2 Å². The SMILES string of the molecule is O=C(O)c1ccc(CS(=O)c2cccc(F)c2)cc1F. The highest BCUT2D eigenvalue weighted by Gasteiger charge is 2.12. The number of carboxylic acid groups (broad SMARTS) is 1. The molecule has 0 amide bonds. The number of carbonyl (C=O) groups is 1. The Labute approximate surface area is 116 Å². The van der Waals surface area contributed by atoms with Gasteiger partial charge in [-0.25, -0.2) is 13.6 Å². The molecule has 1 atom stereocenters. The number of benzene rings is 2. The van der Waals surface area contributed by atoms with E-state index in [1.54, 1.807) is 0 Å². The lowest BCUT2D eigenvalue weighted by molar-refractivity contribution is 0.0692. The van der Waals surface area contributed by atoms with E-state index in [4.69, 9.17) is 5.11 Å². The molecule has 2 rings (SSSR count). The maximum Gasteiger partial charge on any atom is 0.338 e.